The van der Waals surface area contributed by atoms with E-state index in [9.17, 15) is 4.79 Å². The van der Waals surface area contributed by atoms with Gasteiger partial charge in [-0.25, -0.2) is 4.79 Å². The third kappa shape index (κ3) is 5.36. The number of hydrogen-bond donors (Lipinski definition) is 0. The minimum Gasteiger partial charge on any atom is -0.462 e. The summed E-state index contributed by atoms with van der Waals surface area (Å²) >= 11 is 0. The minimum atomic E-state index is -0.508. The number of carbonyl (C=O) groups is 1. The van der Waals surface area contributed by atoms with Crippen molar-refractivity contribution in [2.24, 2.45) is 0 Å². The Morgan fingerprint density at radius 1 is 1.43 bits per heavy atom. The summed E-state index contributed by atoms with van der Waals surface area (Å²) in [6.07, 6.45) is 5.71. The Morgan fingerprint density at radius 3 is 2.64 bits per heavy atom. The molecule has 0 aromatic heterocycles. The van der Waals surface area contributed by atoms with Crippen LogP contribution in [0.3, 0.4) is 0 Å². The fraction of sp³-hybridized carbons (Fsp3) is 0.636. The highest BCUT2D eigenvalue weighted by Gasteiger charge is 2.07. The van der Waals surface area contributed by atoms with E-state index in [-0.39, 0.29) is 5.57 Å². The standard InChI is InChI=1S/C11H17NO2/c1-3-5-6-7-8-10(9-12)11(13)14-4-2/h8H,3-7H2,1-2H3. The highest BCUT2D eigenvalue weighted by molar-refractivity contribution is 5.92. The third-order valence-corrected chi connectivity index (χ3v) is 1.77. The molecular formula is C11H17NO2. The molecule has 0 heterocycles. The number of nitriles is 1. The smallest absolute Gasteiger partial charge is 0.348 e. The molecular weight excluding hydrogens is 178 g/mol. The van der Waals surface area contributed by atoms with E-state index in [0.29, 0.717) is 6.61 Å². The third-order valence-electron chi connectivity index (χ3n) is 1.77. The number of allylic oxidation sites excluding steroid dienone is 1. The van der Waals surface area contributed by atoms with Crippen molar-refractivity contribution in [2.45, 2.75) is 39.5 Å². The molecule has 0 bridgehead atoms. The molecule has 0 atom stereocenters. The van der Waals surface area contributed by atoms with Gasteiger partial charge in [-0.2, -0.15) is 5.26 Å². The summed E-state index contributed by atoms with van der Waals surface area (Å²) in [6, 6.07) is 1.85. The molecule has 0 aliphatic carbocycles. The minimum absolute atomic E-state index is 0.128. The molecule has 0 fully saturated rings. The zero-order valence-corrected chi connectivity index (χ0v) is 8.88. The molecule has 0 amide bonds. The summed E-state index contributed by atoms with van der Waals surface area (Å²) in [5.41, 5.74) is 0.128. The number of ether oxygens (including phenoxy) is 1. The maximum Gasteiger partial charge on any atom is 0.348 e. The van der Waals surface area contributed by atoms with Gasteiger partial charge >= 0.3 is 5.97 Å². The first kappa shape index (κ1) is 12.7. The fourth-order valence-corrected chi connectivity index (χ4v) is 1.02. The number of nitrogens with zero attached hydrogens (tertiary/aromatic N) is 1. The Balaban J connectivity index is 4.00. The van der Waals surface area contributed by atoms with Gasteiger partial charge in [0.25, 0.3) is 0 Å². The van der Waals surface area contributed by atoms with Gasteiger partial charge in [0.05, 0.1) is 6.61 Å². The Labute approximate surface area is 85.4 Å². The average molecular weight is 195 g/mol. The van der Waals surface area contributed by atoms with Crippen LogP contribution < -0.4 is 0 Å². The van der Waals surface area contributed by atoms with Crippen LogP contribution >= 0.6 is 0 Å². The first-order valence-electron chi connectivity index (χ1n) is 5.03. The Morgan fingerprint density at radius 2 is 2.14 bits per heavy atom. The number of unbranched alkanes of at least 4 members (excludes halogenated alkanes) is 3. The van der Waals surface area contributed by atoms with Crippen molar-refractivity contribution in [1.29, 1.82) is 5.26 Å². The second-order valence-electron chi connectivity index (χ2n) is 2.95. The van der Waals surface area contributed by atoms with E-state index >= 15 is 0 Å². The molecule has 0 rings (SSSR count). The van der Waals surface area contributed by atoms with Crippen molar-refractivity contribution >= 4 is 5.97 Å². The summed E-state index contributed by atoms with van der Waals surface area (Å²) in [4.78, 5) is 11.1. The molecule has 0 aromatic rings. The molecule has 3 heteroatoms. The zero-order valence-electron chi connectivity index (χ0n) is 8.88. The summed E-state index contributed by atoms with van der Waals surface area (Å²) in [5.74, 6) is -0.508. The van der Waals surface area contributed by atoms with Gasteiger partial charge in [0.15, 0.2) is 0 Å². The van der Waals surface area contributed by atoms with Gasteiger partial charge in [0.2, 0.25) is 0 Å². The molecule has 78 valence electrons. The number of carbonyl (C=O) groups excluding carboxylic acids is 1. The van der Waals surface area contributed by atoms with E-state index < -0.39 is 5.97 Å². The van der Waals surface area contributed by atoms with E-state index in [1.54, 1.807) is 13.0 Å². The van der Waals surface area contributed by atoms with Crippen LogP contribution in [0.15, 0.2) is 11.6 Å². The Bertz CT molecular complexity index is 238. The van der Waals surface area contributed by atoms with Crippen molar-refractivity contribution in [1.82, 2.24) is 0 Å². The van der Waals surface area contributed by atoms with E-state index in [1.807, 2.05) is 6.07 Å². The molecule has 0 saturated heterocycles. The Hall–Kier alpha value is -1.30. The van der Waals surface area contributed by atoms with Crippen molar-refractivity contribution in [3.63, 3.8) is 0 Å². The molecule has 0 N–H and O–H groups in total. The number of hydrogen-bond acceptors (Lipinski definition) is 3. The lowest BCUT2D eigenvalue weighted by Crippen LogP contribution is -2.06. The van der Waals surface area contributed by atoms with Crippen LogP contribution in [-0.2, 0) is 9.53 Å². The van der Waals surface area contributed by atoms with E-state index in [0.717, 1.165) is 25.7 Å². The topological polar surface area (TPSA) is 50.1 Å². The van der Waals surface area contributed by atoms with Crippen LogP contribution in [0.4, 0.5) is 0 Å². The molecule has 0 aliphatic rings. The molecule has 0 spiro atoms. The molecule has 3 nitrogen and oxygen atoms in total. The molecule has 0 unspecified atom stereocenters. The lowest BCUT2D eigenvalue weighted by molar-refractivity contribution is -0.138. The monoisotopic (exact) mass is 195 g/mol. The first-order chi connectivity index (χ1) is 6.76. The molecule has 0 aliphatic heterocycles. The lowest BCUT2D eigenvalue weighted by atomic mass is 10.1. The molecule has 14 heavy (non-hydrogen) atoms. The van der Waals surface area contributed by atoms with Crippen molar-refractivity contribution in [3.8, 4) is 6.07 Å². The van der Waals surface area contributed by atoms with E-state index in [4.69, 9.17) is 10.00 Å². The van der Waals surface area contributed by atoms with Gasteiger partial charge in [-0.3, -0.25) is 0 Å². The van der Waals surface area contributed by atoms with Crippen LogP contribution in [-0.4, -0.2) is 12.6 Å². The highest BCUT2D eigenvalue weighted by Crippen LogP contribution is 2.04. The quantitative estimate of drug-likeness (QED) is 0.283. The lowest BCUT2D eigenvalue weighted by Gasteiger charge is -1.99. The van der Waals surface area contributed by atoms with Gasteiger partial charge in [-0.15, -0.1) is 0 Å². The second kappa shape index (κ2) is 8.31. The van der Waals surface area contributed by atoms with Crippen molar-refractivity contribution < 1.29 is 9.53 Å². The molecule has 0 aromatic carbocycles. The average Bonchev–Trinajstić information content (AvgIpc) is 2.18. The second-order valence-corrected chi connectivity index (χ2v) is 2.95. The summed E-state index contributed by atoms with van der Waals surface area (Å²) in [6.45, 7) is 4.15. The van der Waals surface area contributed by atoms with Gasteiger partial charge in [-0.05, 0) is 19.8 Å². The highest BCUT2D eigenvalue weighted by atomic mass is 16.5. The predicted octanol–water partition coefficient (Wildman–Crippen LogP) is 2.58. The van der Waals surface area contributed by atoms with Crippen LogP contribution in [0.2, 0.25) is 0 Å². The SMILES string of the molecule is CCCCCC=C(C#N)C(=O)OCC. The normalized spacial score (nSPS) is 10.8. The summed E-state index contributed by atoms with van der Waals surface area (Å²) in [7, 11) is 0. The number of esters is 1. The predicted molar refractivity (Wildman–Crippen MR) is 54.5 cm³/mol. The van der Waals surface area contributed by atoms with Gasteiger partial charge < -0.3 is 4.74 Å². The van der Waals surface area contributed by atoms with Crippen molar-refractivity contribution in [2.75, 3.05) is 6.61 Å². The fourth-order valence-electron chi connectivity index (χ4n) is 1.02. The first-order valence-corrected chi connectivity index (χ1v) is 5.03. The summed E-state index contributed by atoms with van der Waals surface area (Å²) < 4.78 is 4.72. The van der Waals surface area contributed by atoms with E-state index in [2.05, 4.69) is 6.92 Å². The van der Waals surface area contributed by atoms with Crippen molar-refractivity contribution in [3.05, 3.63) is 11.6 Å². The molecule has 0 radical (unpaired) electrons. The zero-order chi connectivity index (χ0) is 10.8. The molecule has 0 saturated carbocycles. The van der Waals surface area contributed by atoms with E-state index in [1.165, 1.54) is 0 Å². The van der Waals surface area contributed by atoms with Gasteiger partial charge in [0.1, 0.15) is 11.6 Å². The largest absolute Gasteiger partial charge is 0.462 e. The van der Waals surface area contributed by atoms with Crippen LogP contribution in [0.1, 0.15) is 39.5 Å². The van der Waals surface area contributed by atoms with Crippen LogP contribution in [0, 0.1) is 11.3 Å². The van der Waals surface area contributed by atoms with Crippen LogP contribution in [0.5, 0.6) is 0 Å². The summed E-state index contributed by atoms with van der Waals surface area (Å²) in [5, 5.41) is 8.66. The maximum atomic E-state index is 11.1. The van der Waals surface area contributed by atoms with Crippen LogP contribution in [0.25, 0.3) is 0 Å². The van der Waals surface area contributed by atoms with Gasteiger partial charge in [0, 0.05) is 0 Å². The number of rotatable bonds is 6. The maximum absolute atomic E-state index is 11.1. The van der Waals surface area contributed by atoms with Gasteiger partial charge in [-0.1, -0.05) is 25.8 Å². The Kier molecular flexibility index (Phi) is 7.53.